The zero-order valence-electron chi connectivity index (χ0n) is 18.3. The number of aliphatic hydroxyl groups is 1. The molecule has 2 unspecified atom stereocenters. The lowest BCUT2D eigenvalue weighted by Gasteiger charge is -2.61. The molecule has 164 valence electrons. The van der Waals surface area contributed by atoms with Crippen LogP contribution >= 0.6 is 0 Å². The van der Waals surface area contributed by atoms with Crippen molar-refractivity contribution in [1.82, 2.24) is 0 Å². The second kappa shape index (κ2) is 7.55. The second-order valence-electron chi connectivity index (χ2n) is 11.3. The molecule has 0 saturated heterocycles. The van der Waals surface area contributed by atoms with Gasteiger partial charge in [0.05, 0.1) is 11.8 Å². The SMILES string of the molecule is C[C@H](CCC(=O)O)[C@H]1CC[C@H]2[C@@H]3/C(=N\O)CC4CC(O)CC[C@]4(C)[C@H]3CC[C@]12C. The molecule has 5 nitrogen and oxygen atoms in total. The molecule has 0 radical (unpaired) electrons. The molecule has 0 amide bonds. The topological polar surface area (TPSA) is 90.1 Å². The molecule has 0 spiro atoms. The summed E-state index contributed by atoms with van der Waals surface area (Å²) in [6.45, 7) is 7.13. The third-order valence-electron chi connectivity index (χ3n) is 10.2. The summed E-state index contributed by atoms with van der Waals surface area (Å²) in [7, 11) is 0. The first-order valence-corrected chi connectivity index (χ1v) is 11.8. The van der Waals surface area contributed by atoms with Crippen molar-refractivity contribution in [3.05, 3.63) is 0 Å². The van der Waals surface area contributed by atoms with Crippen LogP contribution < -0.4 is 0 Å². The van der Waals surface area contributed by atoms with Crippen molar-refractivity contribution in [3.8, 4) is 0 Å². The lowest BCUT2D eigenvalue weighted by molar-refractivity contribution is -0.137. The molecule has 3 N–H and O–H groups in total. The van der Waals surface area contributed by atoms with Crippen LogP contribution in [-0.4, -0.2) is 33.2 Å². The zero-order chi connectivity index (χ0) is 21.0. The summed E-state index contributed by atoms with van der Waals surface area (Å²) < 4.78 is 0. The van der Waals surface area contributed by atoms with Gasteiger partial charge in [0.2, 0.25) is 0 Å². The predicted molar refractivity (Wildman–Crippen MR) is 112 cm³/mol. The Kier molecular flexibility index (Phi) is 5.50. The third-order valence-corrected chi connectivity index (χ3v) is 10.2. The first-order chi connectivity index (χ1) is 13.7. The van der Waals surface area contributed by atoms with Gasteiger partial charge < -0.3 is 15.4 Å². The van der Waals surface area contributed by atoms with Gasteiger partial charge in [-0.2, -0.15) is 0 Å². The number of fused-ring (bicyclic) bond motifs is 5. The van der Waals surface area contributed by atoms with E-state index >= 15 is 0 Å². The van der Waals surface area contributed by atoms with Crippen LogP contribution in [0.15, 0.2) is 5.16 Å². The van der Waals surface area contributed by atoms with Gasteiger partial charge in [-0.05, 0) is 98.2 Å². The quantitative estimate of drug-likeness (QED) is 0.456. The van der Waals surface area contributed by atoms with Crippen molar-refractivity contribution in [1.29, 1.82) is 0 Å². The molecule has 5 heteroatoms. The Bertz CT molecular complexity index is 678. The highest BCUT2D eigenvalue weighted by atomic mass is 16.4. The van der Waals surface area contributed by atoms with Crippen LogP contribution in [0.3, 0.4) is 0 Å². The molecule has 29 heavy (non-hydrogen) atoms. The average Bonchev–Trinajstić information content (AvgIpc) is 3.03. The van der Waals surface area contributed by atoms with Crippen LogP contribution in [-0.2, 0) is 4.79 Å². The van der Waals surface area contributed by atoms with E-state index < -0.39 is 5.97 Å². The number of aliphatic carboxylic acids is 1. The summed E-state index contributed by atoms with van der Waals surface area (Å²) in [4.78, 5) is 11.1. The number of hydrogen-bond acceptors (Lipinski definition) is 4. The monoisotopic (exact) mass is 405 g/mol. The van der Waals surface area contributed by atoms with Crippen LogP contribution in [0.25, 0.3) is 0 Å². The molecule has 0 aromatic carbocycles. The minimum Gasteiger partial charge on any atom is -0.481 e. The van der Waals surface area contributed by atoms with Gasteiger partial charge in [0, 0.05) is 12.3 Å². The predicted octanol–water partition coefficient (Wildman–Crippen LogP) is 4.95. The van der Waals surface area contributed by atoms with Crippen molar-refractivity contribution >= 4 is 11.7 Å². The van der Waals surface area contributed by atoms with Gasteiger partial charge in [-0.15, -0.1) is 0 Å². The van der Waals surface area contributed by atoms with Crippen molar-refractivity contribution in [3.63, 3.8) is 0 Å². The Balaban J connectivity index is 1.60. The molecule has 0 aromatic heterocycles. The summed E-state index contributed by atoms with van der Waals surface area (Å²) in [5.74, 6) is 2.15. The fourth-order valence-electron chi connectivity index (χ4n) is 8.57. The number of nitrogens with zero attached hydrogens (tertiary/aromatic N) is 1. The number of aliphatic hydroxyl groups excluding tert-OH is 1. The Morgan fingerprint density at radius 1 is 1.14 bits per heavy atom. The van der Waals surface area contributed by atoms with E-state index in [1.807, 2.05) is 0 Å². The summed E-state index contributed by atoms with van der Waals surface area (Å²) in [6, 6.07) is 0. The molecule has 4 saturated carbocycles. The molecular weight excluding hydrogens is 366 g/mol. The zero-order valence-corrected chi connectivity index (χ0v) is 18.3. The molecule has 4 aliphatic carbocycles. The summed E-state index contributed by atoms with van der Waals surface area (Å²) in [5, 5.41) is 33.2. The van der Waals surface area contributed by atoms with Gasteiger partial charge in [-0.1, -0.05) is 25.9 Å². The molecule has 4 aliphatic rings. The van der Waals surface area contributed by atoms with Crippen LogP contribution in [0.4, 0.5) is 0 Å². The summed E-state index contributed by atoms with van der Waals surface area (Å²) >= 11 is 0. The largest absolute Gasteiger partial charge is 0.481 e. The Labute approximate surface area is 175 Å². The second-order valence-corrected chi connectivity index (χ2v) is 11.3. The summed E-state index contributed by atoms with van der Waals surface area (Å²) in [6.07, 6.45) is 9.18. The number of carboxylic acids is 1. The van der Waals surface area contributed by atoms with Crippen molar-refractivity contribution in [2.24, 2.45) is 51.5 Å². The molecule has 4 rings (SSSR count). The summed E-state index contributed by atoms with van der Waals surface area (Å²) in [5.41, 5.74) is 1.44. The number of carboxylic acid groups (broad SMARTS) is 1. The number of oxime groups is 1. The lowest BCUT2D eigenvalue weighted by atomic mass is 9.44. The van der Waals surface area contributed by atoms with Gasteiger partial charge in [0.1, 0.15) is 0 Å². The Morgan fingerprint density at radius 3 is 2.52 bits per heavy atom. The van der Waals surface area contributed by atoms with Gasteiger partial charge in [0.15, 0.2) is 0 Å². The van der Waals surface area contributed by atoms with E-state index in [0.717, 1.165) is 37.8 Å². The van der Waals surface area contributed by atoms with E-state index in [4.69, 9.17) is 5.11 Å². The number of carbonyl (C=O) groups is 1. The normalized spacial score (nSPS) is 49.2. The van der Waals surface area contributed by atoms with Crippen molar-refractivity contribution < 1.29 is 20.2 Å². The molecular formula is C24H39NO4. The molecule has 4 fully saturated rings. The molecule has 9 atom stereocenters. The minimum atomic E-state index is -0.694. The van der Waals surface area contributed by atoms with Crippen LogP contribution in [0.5, 0.6) is 0 Å². The molecule has 0 aromatic rings. The minimum absolute atomic E-state index is 0.204. The van der Waals surface area contributed by atoms with E-state index in [2.05, 4.69) is 25.9 Å². The average molecular weight is 406 g/mol. The van der Waals surface area contributed by atoms with Crippen LogP contribution in [0.2, 0.25) is 0 Å². The fourth-order valence-corrected chi connectivity index (χ4v) is 8.57. The molecule has 0 heterocycles. The van der Waals surface area contributed by atoms with Crippen molar-refractivity contribution in [2.75, 3.05) is 0 Å². The maximum atomic E-state index is 11.1. The highest BCUT2D eigenvalue weighted by molar-refractivity contribution is 5.88. The van der Waals surface area contributed by atoms with Gasteiger partial charge >= 0.3 is 5.97 Å². The Hall–Kier alpha value is -1.10. The standard InChI is InChI=1S/C24H39NO4/c1-14(4-7-21(27)28)17-5-6-18-22-19(9-11-24(17,18)3)23(2)10-8-16(26)12-15(23)13-20(22)25-29/h14-19,22,26,29H,4-13H2,1-3H3,(H,27,28)/b25-20-/t14-,15?,16?,17-,18+,19+,22+,23+,24-/m1/s1. The van der Waals surface area contributed by atoms with Crippen LogP contribution in [0.1, 0.15) is 85.0 Å². The Morgan fingerprint density at radius 2 is 1.83 bits per heavy atom. The first kappa shape index (κ1) is 21.1. The van der Waals surface area contributed by atoms with Gasteiger partial charge in [-0.25, -0.2) is 0 Å². The maximum Gasteiger partial charge on any atom is 0.303 e. The fraction of sp³-hybridized carbons (Fsp3) is 0.917. The highest BCUT2D eigenvalue weighted by Crippen LogP contribution is 2.67. The van der Waals surface area contributed by atoms with E-state index in [1.165, 1.54) is 25.7 Å². The van der Waals surface area contributed by atoms with E-state index in [-0.39, 0.29) is 23.4 Å². The van der Waals surface area contributed by atoms with Crippen molar-refractivity contribution in [2.45, 2.75) is 91.1 Å². The molecule has 0 aliphatic heterocycles. The van der Waals surface area contributed by atoms with Crippen LogP contribution in [0, 0.1) is 46.3 Å². The van der Waals surface area contributed by atoms with E-state index in [0.29, 0.717) is 35.5 Å². The first-order valence-electron chi connectivity index (χ1n) is 11.8. The van der Waals surface area contributed by atoms with Gasteiger partial charge in [0.25, 0.3) is 0 Å². The lowest BCUT2D eigenvalue weighted by Crippen LogP contribution is -2.57. The highest BCUT2D eigenvalue weighted by Gasteiger charge is 2.62. The van der Waals surface area contributed by atoms with Gasteiger partial charge in [-0.3, -0.25) is 4.79 Å². The maximum absolute atomic E-state index is 11.1. The van der Waals surface area contributed by atoms with E-state index in [9.17, 15) is 15.1 Å². The molecule has 0 bridgehead atoms. The number of rotatable bonds is 4. The van der Waals surface area contributed by atoms with E-state index in [1.54, 1.807) is 0 Å². The number of hydrogen-bond donors (Lipinski definition) is 3. The third kappa shape index (κ3) is 3.32. The smallest absolute Gasteiger partial charge is 0.303 e.